The number of methoxy groups -OCH3 is 1. The van der Waals surface area contributed by atoms with Crippen LogP contribution in [0.3, 0.4) is 0 Å². The Morgan fingerprint density at radius 1 is 1.03 bits per heavy atom. The van der Waals surface area contributed by atoms with Crippen LogP contribution in [0.5, 0.6) is 5.75 Å². The van der Waals surface area contributed by atoms with Gasteiger partial charge in [-0.15, -0.1) is 0 Å². The van der Waals surface area contributed by atoms with Gasteiger partial charge in [-0.1, -0.05) is 48.5 Å². The third kappa shape index (κ3) is 5.10. The summed E-state index contributed by atoms with van der Waals surface area (Å²) < 4.78 is 13.2. The van der Waals surface area contributed by atoms with Gasteiger partial charge in [-0.3, -0.25) is 9.48 Å². The van der Waals surface area contributed by atoms with Gasteiger partial charge in [0.1, 0.15) is 12.4 Å². The number of fused-ring (bicyclic) bond motifs is 1. The molecule has 0 saturated carbocycles. The maximum Gasteiger partial charge on any atom is 0.306 e. The maximum absolute atomic E-state index is 10.9. The Morgan fingerprint density at radius 3 is 2.52 bits per heavy atom. The van der Waals surface area contributed by atoms with Gasteiger partial charge < -0.3 is 14.6 Å². The quantitative estimate of drug-likeness (QED) is 0.423. The summed E-state index contributed by atoms with van der Waals surface area (Å²) in [7, 11) is 1.51. The van der Waals surface area contributed by atoms with E-state index in [0.717, 1.165) is 28.6 Å². The number of rotatable bonds is 9. The molecule has 0 aliphatic rings. The Kier molecular flexibility index (Phi) is 6.29. The number of hydrogen-bond donors (Lipinski definition) is 1. The lowest BCUT2D eigenvalue weighted by Crippen LogP contribution is -2.08. The van der Waals surface area contributed by atoms with E-state index in [1.807, 2.05) is 59.4 Å². The topological polar surface area (TPSA) is 73.6 Å². The van der Waals surface area contributed by atoms with Gasteiger partial charge >= 0.3 is 5.97 Å². The number of aromatic nitrogens is 2. The van der Waals surface area contributed by atoms with Crippen molar-refractivity contribution in [2.24, 2.45) is 0 Å². The van der Waals surface area contributed by atoms with Gasteiger partial charge in [0.15, 0.2) is 0 Å². The normalized spacial score (nSPS) is 12.0. The van der Waals surface area contributed by atoms with Gasteiger partial charge in [-0.2, -0.15) is 5.10 Å². The largest absolute Gasteiger partial charge is 0.489 e. The van der Waals surface area contributed by atoms with Crippen molar-refractivity contribution in [3.63, 3.8) is 0 Å². The van der Waals surface area contributed by atoms with E-state index in [9.17, 15) is 4.79 Å². The lowest BCUT2D eigenvalue weighted by atomic mass is 10.1. The van der Waals surface area contributed by atoms with Crippen LogP contribution < -0.4 is 4.74 Å². The Morgan fingerprint density at radius 2 is 1.81 bits per heavy atom. The molecule has 1 aromatic heterocycles. The number of carboxylic acid groups (broad SMARTS) is 1. The zero-order chi connectivity index (χ0) is 21.6. The number of carbonyl (C=O) groups is 1. The second kappa shape index (κ2) is 9.45. The number of nitrogens with zero attached hydrogens (tertiary/aromatic N) is 2. The summed E-state index contributed by atoms with van der Waals surface area (Å²) in [5, 5.41) is 14.6. The minimum Gasteiger partial charge on any atom is -0.489 e. The molecule has 0 amide bonds. The number of carboxylic acids is 1. The van der Waals surface area contributed by atoms with Crippen molar-refractivity contribution < 1.29 is 19.4 Å². The van der Waals surface area contributed by atoms with Crippen LogP contribution >= 0.6 is 0 Å². The highest BCUT2D eigenvalue weighted by molar-refractivity contribution is 5.79. The van der Waals surface area contributed by atoms with Crippen molar-refractivity contribution in [1.29, 1.82) is 0 Å². The van der Waals surface area contributed by atoms with Crippen molar-refractivity contribution in [2.45, 2.75) is 25.7 Å². The molecule has 0 spiro atoms. The first-order chi connectivity index (χ1) is 15.1. The maximum atomic E-state index is 10.9. The SMILES string of the molecule is COC(CC(=O)O)c1ccc(OCc2ccc3c(cnn3Cc3ccccc3)c2)cc1. The molecule has 6 heteroatoms. The van der Waals surface area contributed by atoms with E-state index >= 15 is 0 Å². The molecule has 1 unspecified atom stereocenters. The number of ether oxygens (including phenoxy) is 2. The molecular weight excluding hydrogens is 392 g/mol. The monoisotopic (exact) mass is 416 g/mol. The molecule has 31 heavy (non-hydrogen) atoms. The summed E-state index contributed by atoms with van der Waals surface area (Å²) >= 11 is 0. The summed E-state index contributed by atoms with van der Waals surface area (Å²) in [4.78, 5) is 10.9. The second-order valence-electron chi connectivity index (χ2n) is 7.36. The number of benzene rings is 3. The highest BCUT2D eigenvalue weighted by Gasteiger charge is 2.14. The summed E-state index contributed by atoms with van der Waals surface area (Å²) in [6, 6.07) is 23.8. The smallest absolute Gasteiger partial charge is 0.306 e. The first kappa shape index (κ1) is 20.6. The van der Waals surface area contributed by atoms with Crippen LogP contribution in [-0.2, 0) is 22.7 Å². The van der Waals surface area contributed by atoms with Crippen LogP contribution in [0, 0.1) is 0 Å². The minimum atomic E-state index is -0.894. The Bertz CT molecular complexity index is 1150. The molecule has 6 nitrogen and oxygen atoms in total. The fourth-order valence-electron chi connectivity index (χ4n) is 3.55. The van der Waals surface area contributed by atoms with Crippen molar-refractivity contribution in [2.75, 3.05) is 7.11 Å². The Hall–Kier alpha value is -3.64. The van der Waals surface area contributed by atoms with Crippen molar-refractivity contribution in [3.05, 3.63) is 95.7 Å². The third-order valence-electron chi connectivity index (χ3n) is 5.18. The Balaban J connectivity index is 1.40. The van der Waals surface area contributed by atoms with E-state index in [2.05, 4.69) is 29.4 Å². The molecule has 4 rings (SSSR count). The molecule has 0 fully saturated rings. The first-order valence-electron chi connectivity index (χ1n) is 10.1. The molecule has 1 N–H and O–H groups in total. The van der Waals surface area contributed by atoms with Crippen LogP contribution in [0.15, 0.2) is 79.0 Å². The van der Waals surface area contributed by atoms with E-state index in [4.69, 9.17) is 14.6 Å². The van der Waals surface area contributed by atoms with Crippen molar-refractivity contribution in [1.82, 2.24) is 9.78 Å². The van der Waals surface area contributed by atoms with Crippen LogP contribution in [0.4, 0.5) is 0 Å². The average molecular weight is 416 g/mol. The molecule has 0 aliphatic carbocycles. The van der Waals surface area contributed by atoms with Gasteiger partial charge in [0.2, 0.25) is 0 Å². The summed E-state index contributed by atoms with van der Waals surface area (Å²) in [6.07, 6.45) is 1.33. The fraction of sp³-hybridized carbons (Fsp3) is 0.200. The highest BCUT2D eigenvalue weighted by Crippen LogP contribution is 2.24. The van der Waals surface area contributed by atoms with Crippen LogP contribution in [0.1, 0.15) is 29.2 Å². The lowest BCUT2D eigenvalue weighted by Gasteiger charge is -2.14. The van der Waals surface area contributed by atoms with E-state index in [1.165, 1.54) is 12.7 Å². The van der Waals surface area contributed by atoms with E-state index < -0.39 is 12.1 Å². The summed E-state index contributed by atoms with van der Waals surface area (Å²) in [5.41, 5.74) is 4.16. The van der Waals surface area contributed by atoms with Crippen molar-refractivity contribution in [3.8, 4) is 5.75 Å². The fourth-order valence-corrected chi connectivity index (χ4v) is 3.55. The summed E-state index contributed by atoms with van der Waals surface area (Å²) in [5.74, 6) is -0.177. The predicted octanol–water partition coefficient (Wildman–Crippen LogP) is 4.83. The second-order valence-corrected chi connectivity index (χ2v) is 7.36. The van der Waals surface area contributed by atoms with E-state index in [0.29, 0.717) is 12.4 Å². The van der Waals surface area contributed by atoms with Gasteiger partial charge in [0.25, 0.3) is 0 Å². The van der Waals surface area contributed by atoms with Crippen LogP contribution in [-0.4, -0.2) is 28.0 Å². The zero-order valence-corrected chi connectivity index (χ0v) is 17.3. The van der Waals surface area contributed by atoms with Gasteiger partial charge in [-0.25, -0.2) is 0 Å². The number of aliphatic carboxylic acids is 1. The Labute approximate surface area is 180 Å². The molecule has 1 atom stereocenters. The van der Waals surface area contributed by atoms with E-state index in [-0.39, 0.29) is 6.42 Å². The molecule has 1 heterocycles. The van der Waals surface area contributed by atoms with Crippen molar-refractivity contribution >= 4 is 16.9 Å². The standard InChI is InChI=1S/C25H24N2O4/c1-30-24(14-25(28)29)20-8-10-22(11-9-20)31-17-19-7-12-23-21(13-19)15-26-27(23)16-18-5-3-2-4-6-18/h2-13,15,24H,14,16-17H2,1H3,(H,28,29). The van der Waals surface area contributed by atoms with Crippen LogP contribution in [0.2, 0.25) is 0 Å². The molecule has 3 aromatic carbocycles. The lowest BCUT2D eigenvalue weighted by molar-refractivity contribution is -0.139. The minimum absolute atomic E-state index is 0.0747. The van der Waals surface area contributed by atoms with Gasteiger partial charge in [0.05, 0.1) is 30.8 Å². The molecule has 0 saturated heterocycles. The van der Waals surface area contributed by atoms with Gasteiger partial charge in [0, 0.05) is 12.5 Å². The molecule has 0 radical (unpaired) electrons. The highest BCUT2D eigenvalue weighted by atomic mass is 16.5. The molecule has 4 aromatic rings. The molecule has 0 aliphatic heterocycles. The average Bonchev–Trinajstić information content (AvgIpc) is 3.19. The third-order valence-corrected chi connectivity index (χ3v) is 5.18. The zero-order valence-electron chi connectivity index (χ0n) is 17.3. The van der Waals surface area contributed by atoms with Crippen LogP contribution in [0.25, 0.3) is 10.9 Å². The predicted molar refractivity (Wildman–Crippen MR) is 118 cm³/mol. The van der Waals surface area contributed by atoms with E-state index in [1.54, 1.807) is 0 Å². The first-order valence-corrected chi connectivity index (χ1v) is 10.1. The number of hydrogen-bond acceptors (Lipinski definition) is 4. The molecular formula is C25H24N2O4. The summed E-state index contributed by atoms with van der Waals surface area (Å²) in [6.45, 7) is 1.17. The van der Waals surface area contributed by atoms with Gasteiger partial charge in [-0.05, 0) is 41.0 Å². The molecule has 0 bridgehead atoms. The molecule has 158 valence electrons.